The molecule has 0 aliphatic carbocycles. The van der Waals surface area contributed by atoms with Crippen LogP contribution in [0.25, 0.3) is 0 Å². The lowest BCUT2D eigenvalue weighted by Crippen LogP contribution is -2.34. The molecule has 0 aromatic heterocycles. The highest BCUT2D eigenvalue weighted by molar-refractivity contribution is 7.99. The van der Waals surface area contributed by atoms with Crippen molar-refractivity contribution >= 4 is 17.7 Å². The zero-order valence-electron chi connectivity index (χ0n) is 9.79. The summed E-state index contributed by atoms with van der Waals surface area (Å²) in [6, 6.07) is 0. The Kier molecular flexibility index (Phi) is 6.10. The number of likely N-dealkylation sites (N-methyl/N-ethyl adjacent to an activating group) is 2. The van der Waals surface area contributed by atoms with Crippen LogP contribution in [-0.4, -0.2) is 49.5 Å². The molecule has 1 rings (SSSR count). The van der Waals surface area contributed by atoms with E-state index < -0.39 is 0 Å². The van der Waals surface area contributed by atoms with E-state index in [-0.39, 0.29) is 0 Å². The quantitative estimate of drug-likeness (QED) is 0.770. The minimum atomic E-state index is 0.308. The highest BCUT2D eigenvalue weighted by Crippen LogP contribution is 2.25. The third-order valence-electron chi connectivity index (χ3n) is 2.93. The highest BCUT2D eigenvalue weighted by Gasteiger charge is 2.18. The van der Waals surface area contributed by atoms with Crippen LogP contribution in [0.3, 0.4) is 0 Å². The molecule has 0 spiro atoms. The second kappa shape index (κ2) is 7.12. The predicted octanol–water partition coefficient (Wildman–Crippen LogP) is 1.20. The van der Waals surface area contributed by atoms with Gasteiger partial charge >= 0.3 is 0 Å². The summed E-state index contributed by atoms with van der Waals surface area (Å²) in [4.78, 5) is 13.7. The SMILES string of the molecule is CNCCN(C)C(=O)CC1CCSCC1. The summed E-state index contributed by atoms with van der Waals surface area (Å²) < 4.78 is 0. The van der Waals surface area contributed by atoms with Crippen molar-refractivity contribution in [2.75, 3.05) is 38.7 Å². The van der Waals surface area contributed by atoms with Gasteiger partial charge in [0.25, 0.3) is 0 Å². The molecule has 15 heavy (non-hydrogen) atoms. The Bertz CT molecular complexity index is 193. The molecule has 0 atom stereocenters. The lowest BCUT2D eigenvalue weighted by Gasteiger charge is -2.24. The van der Waals surface area contributed by atoms with Crippen LogP contribution >= 0.6 is 11.8 Å². The molecular weight excluding hydrogens is 208 g/mol. The molecule has 0 aromatic carbocycles. The van der Waals surface area contributed by atoms with Crippen molar-refractivity contribution in [2.24, 2.45) is 5.92 Å². The number of nitrogens with one attached hydrogen (secondary N) is 1. The first-order valence-electron chi connectivity index (χ1n) is 5.70. The van der Waals surface area contributed by atoms with E-state index in [9.17, 15) is 4.79 Å². The molecule has 1 heterocycles. The van der Waals surface area contributed by atoms with Gasteiger partial charge in [-0.15, -0.1) is 0 Å². The minimum Gasteiger partial charge on any atom is -0.344 e. The van der Waals surface area contributed by atoms with Crippen LogP contribution in [0.4, 0.5) is 0 Å². The van der Waals surface area contributed by atoms with E-state index in [2.05, 4.69) is 5.32 Å². The minimum absolute atomic E-state index is 0.308. The van der Waals surface area contributed by atoms with E-state index in [1.165, 1.54) is 24.3 Å². The molecule has 0 saturated carbocycles. The van der Waals surface area contributed by atoms with Crippen LogP contribution < -0.4 is 5.32 Å². The lowest BCUT2D eigenvalue weighted by atomic mass is 9.98. The number of thioether (sulfide) groups is 1. The standard InChI is InChI=1S/C11H22N2OS/c1-12-5-6-13(2)11(14)9-10-3-7-15-8-4-10/h10,12H,3-9H2,1-2H3. The van der Waals surface area contributed by atoms with Crippen LogP contribution in [0.15, 0.2) is 0 Å². The van der Waals surface area contributed by atoms with Gasteiger partial charge in [0.05, 0.1) is 0 Å². The summed E-state index contributed by atoms with van der Waals surface area (Å²) in [5.41, 5.74) is 0. The summed E-state index contributed by atoms with van der Waals surface area (Å²) in [5.74, 6) is 3.41. The number of carbonyl (C=O) groups excluding carboxylic acids is 1. The molecule has 0 aromatic rings. The predicted molar refractivity (Wildman–Crippen MR) is 66.2 cm³/mol. The molecule has 1 amide bonds. The van der Waals surface area contributed by atoms with Crippen LogP contribution in [0.2, 0.25) is 0 Å². The van der Waals surface area contributed by atoms with Crippen LogP contribution in [0.5, 0.6) is 0 Å². The summed E-state index contributed by atoms with van der Waals surface area (Å²) >= 11 is 2.01. The lowest BCUT2D eigenvalue weighted by molar-refractivity contribution is -0.130. The Morgan fingerprint density at radius 2 is 2.13 bits per heavy atom. The maximum Gasteiger partial charge on any atom is 0.222 e. The van der Waals surface area contributed by atoms with Crippen molar-refractivity contribution in [2.45, 2.75) is 19.3 Å². The Balaban J connectivity index is 2.20. The molecule has 88 valence electrons. The van der Waals surface area contributed by atoms with Gasteiger partial charge in [-0.1, -0.05) is 0 Å². The number of nitrogens with zero attached hydrogens (tertiary/aromatic N) is 1. The van der Waals surface area contributed by atoms with Gasteiger partial charge in [-0.05, 0) is 37.3 Å². The van der Waals surface area contributed by atoms with Crippen molar-refractivity contribution < 1.29 is 4.79 Å². The second-order valence-electron chi connectivity index (χ2n) is 4.18. The zero-order valence-corrected chi connectivity index (χ0v) is 10.6. The Morgan fingerprint density at radius 1 is 1.47 bits per heavy atom. The van der Waals surface area contributed by atoms with E-state index in [1.54, 1.807) is 0 Å². The average molecular weight is 230 g/mol. The number of carbonyl (C=O) groups is 1. The third kappa shape index (κ3) is 4.89. The van der Waals surface area contributed by atoms with Gasteiger partial charge in [-0.3, -0.25) is 4.79 Å². The number of rotatable bonds is 5. The van der Waals surface area contributed by atoms with Gasteiger partial charge in [0.2, 0.25) is 5.91 Å². The molecule has 1 aliphatic rings. The number of hydrogen-bond donors (Lipinski definition) is 1. The topological polar surface area (TPSA) is 32.3 Å². The van der Waals surface area contributed by atoms with E-state index in [4.69, 9.17) is 0 Å². The van der Waals surface area contributed by atoms with Crippen molar-refractivity contribution in [3.63, 3.8) is 0 Å². The van der Waals surface area contributed by atoms with E-state index in [0.717, 1.165) is 19.5 Å². The van der Waals surface area contributed by atoms with Crippen molar-refractivity contribution in [1.82, 2.24) is 10.2 Å². The first kappa shape index (κ1) is 12.8. The van der Waals surface area contributed by atoms with Gasteiger partial charge in [-0.25, -0.2) is 0 Å². The van der Waals surface area contributed by atoms with Crippen molar-refractivity contribution in [1.29, 1.82) is 0 Å². The number of hydrogen-bond acceptors (Lipinski definition) is 3. The fraction of sp³-hybridized carbons (Fsp3) is 0.909. The van der Waals surface area contributed by atoms with E-state index in [1.807, 2.05) is 30.8 Å². The largest absolute Gasteiger partial charge is 0.344 e. The smallest absolute Gasteiger partial charge is 0.222 e. The maximum atomic E-state index is 11.8. The molecule has 1 aliphatic heterocycles. The monoisotopic (exact) mass is 230 g/mol. The molecule has 0 unspecified atom stereocenters. The molecule has 0 radical (unpaired) electrons. The summed E-state index contributed by atoms with van der Waals surface area (Å²) in [5, 5.41) is 3.06. The summed E-state index contributed by atoms with van der Waals surface area (Å²) in [6.45, 7) is 1.69. The van der Waals surface area contributed by atoms with E-state index in [0.29, 0.717) is 11.8 Å². The summed E-state index contributed by atoms with van der Waals surface area (Å²) in [7, 11) is 3.81. The van der Waals surface area contributed by atoms with Gasteiger partial charge in [0.1, 0.15) is 0 Å². The van der Waals surface area contributed by atoms with Gasteiger partial charge in [0.15, 0.2) is 0 Å². The normalized spacial score (nSPS) is 17.7. The molecule has 1 fully saturated rings. The van der Waals surface area contributed by atoms with Gasteiger partial charge in [-0.2, -0.15) is 11.8 Å². The fourth-order valence-electron chi connectivity index (χ4n) is 1.76. The molecule has 1 N–H and O–H groups in total. The molecule has 0 bridgehead atoms. The molecular formula is C11H22N2OS. The average Bonchev–Trinajstić information content (AvgIpc) is 2.27. The fourth-order valence-corrected chi connectivity index (χ4v) is 2.96. The Labute approximate surface area is 97.0 Å². The van der Waals surface area contributed by atoms with Crippen LogP contribution in [-0.2, 0) is 4.79 Å². The molecule has 3 nitrogen and oxygen atoms in total. The van der Waals surface area contributed by atoms with Crippen LogP contribution in [0, 0.1) is 5.92 Å². The maximum absolute atomic E-state index is 11.8. The Hall–Kier alpha value is -0.220. The van der Waals surface area contributed by atoms with E-state index >= 15 is 0 Å². The van der Waals surface area contributed by atoms with Crippen molar-refractivity contribution in [3.05, 3.63) is 0 Å². The second-order valence-corrected chi connectivity index (χ2v) is 5.40. The molecule has 4 heteroatoms. The van der Waals surface area contributed by atoms with Gasteiger partial charge in [0, 0.05) is 26.6 Å². The van der Waals surface area contributed by atoms with Crippen molar-refractivity contribution in [3.8, 4) is 0 Å². The first-order valence-corrected chi connectivity index (χ1v) is 6.86. The van der Waals surface area contributed by atoms with Crippen LogP contribution in [0.1, 0.15) is 19.3 Å². The molecule has 1 saturated heterocycles. The van der Waals surface area contributed by atoms with Gasteiger partial charge < -0.3 is 10.2 Å². The first-order chi connectivity index (χ1) is 7.24. The highest BCUT2D eigenvalue weighted by atomic mass is 32.2. The number of amides is 1. The third-order valence-corrected chi connectivity index (χ3v) is 3.98. The summed E-state index contributed by atoms with van der Waals surface area (Å²) in [6.07, 6.45) is 3.19. The Morgan fingerprint density at radius 3 is 2.73 bits per heavy atom. The zero-order chi connectivity index (χ0) is 11.1.